The van der Waals surface area contributed by atoms with Crippen molar-refractivity contribution in [3.05, 3.63) is 27.8 Å². The minimum Gasteiger partial charge on any atom is -0.507 e. The van der Waals surface area contributed by atoms with Crippen molar-refractivity contribution in [3.63, 3.8) is 0 Å². The van der Waals surface area contributed by atoms with Gasteiger partial charge in [0.1, 0.15) is 11.3 Å². The van der Waals surface area contributed by atoms with Gasteiger partial charge in [0.2, 0.25) is 0 Å². The molecule has 0 aliphatic rings. The highest BCUT2D eigenvalue weighted by Gasteiger charge is 2.18. The van der Waals surface area contributed by atoms with Gasteiger partial charge in [0, 0.05) is 5.02 Å². The van der Waals surface area contributed by atoms with Gasteiger partial charge in [-0.1, -0.05) is 11.6 Å². The van der Waals surface area contributed by atoms with Gasteiger partial charge in [-0.2, -0.15) is 0 Å². The van der Waals surface area contributed by atoms with Crippen molar-refractivity contribution in [1.29, 1.82) is 0 Å². The molecule has 1 N–H and O–H groups in total. The molecule has 1 rings (SSSR count). The number of benzene rings is 1. The minimum atomic E-state index is -0.521. The maximum atomic E-state index is 11.5. The number of ether oxygens (including phenoxy) is 1. The molecule has 3 nitrogen and oxygen atoms in total. The predicted octanol–water partition coefficient (Wildman–Crippen LogP) is 2.84. The number of carbonyl (C=O) groups excluding carboxylic acids is 1. The number of rotatable bonds is 2. The number of phenols is 1. The molecule has 15 heavy (non-hydrogen) atoms. The van der Waals surface area contributed by atoms with Crippen LogP contribution in [0, 0.1) is 13.8 Å². The number of aromatic hydroxyl groups is 1. The molecule has 0 atom stereocenters. The molecule has 0 bridgehead atoms. The smallest absolute Gasteiger partial charge is 0.342 e. The summed E-state index contributed by atoms with van der Waals surface area (Å²) in [6.45, 7) is 5.51. The molecule has 0 heterocycles. The molecular weight excluding hydrogens is 216 g/mol. The van der Waals surface area contributed by atoms with Crippen molar-refractivity contribution in [1.82, 2.24) is 0 Å². The van der Waals surface area contributed by atoms with E-state index in [0.29, 0.717) is 10.6 Å². The Hall–Kier alpha value is -1.22. The van der Waals surface area contributed by atoms with Crippen LogP contribution in [-0.2, 0) is 4.74 Å². The third kappa shape index (κ3) is 2.23. The van der Waals surface area contributed by atoms with E-state index < -0.39 is 5.97 Å². The molecule has 0 radical (unpaired) electrons. The van der Waals surface area contributed by atoms with Gasteiger partial charge in [-0.15, -0.1) is 0 Å². The van der Waals surface area contributed by atoms with Crippen molar-refractivity contribution in [2.45, 2.75) is 20.8 Å². The summed E-state index contributed by atoms with van der Waals surface area (Å²) in [5.41, 5.74) is 1.62. The number of hydrogen-bond donors (Lipinski definition) is 1. The van der Waals surface area contributed by atoms with Gasteiger partial charge >= 0.3 is 5.97 Å². The van der Waals surface area contributed by atoms with E-state index in [2.05, 4.69) is 0 Å². The Balaban J connectivity index is 3.29. The number of esters is 1. The Bertz CT molecular complexity index is 399. The first-order valence-electron chi connectivity index (χ1n) is 4.64. The zero-order valence-electron chi connectivity index (χ0n) is 8.93. The largest absolute Gasteiger partial charge is 0.507 e. The Morgan fingerprint density at radius 3 is 2.60 bits per heavy atom. The molecule has 1 aromatic carbocycles. The van der Waals surface area contributed by atoms with Gasteiger partial charge in [0.25, 0.3) is 0 Å². The Morgan fingerprint density at radius 2 is 2.07 bits per heavy atom. The highest BCUT2D eigenvalue weighted by molar-refractivity contribution is 6.31. The highest BCUT2D eigenvalue weighted by atomic mass is 35.5. The summed E-state index contributed by atoms with van der Waals surface area (Å²) in [4.78, 5) is 11.5. The van der Waals surface area contributed by atoms with E-state index in [1.165, 1.54) is 6.07 Å². The molecule has 0 aliphatic carbocycles. The summed E-state index contributed by atoms with van der Waals surface area (Å²) in [6, 6.07) is 1.36. The molecule has 0 fully saturated rings. The maximum absolute atomic E-state index is 11.5. The lowest BCUT2D eigenvalue weighted by Gasteiger charge is -2.11. The minimum absolute atomic E-state index is 0.137. The van der Waals surface area contributed by atoms with E-state index in [9.17, 15) is 9.90 Å². The number of phenolic OH excluding ortho intramolecular Hbond substituents is 1. The van der Waals surface area contributed by atoms with E-state index in [1.807, 2.05) is 0 Å². The van der Waals surface area contributed by atoms with Crippen LogP contribution in [0.4, 0.5) is 0 Å². The first kappa shape index (κ1) is 11.9. The van der Waals surface area contributed by atoms with E-state index in [4.69, 9.17) is 16.3 Å². The van der Waals surface area contributed by atoms with Crippen molar-refractivity contribution in [3.8, 4) is 5.75 Å². The SMILES string of the molecule is CCOC(=O)c1c(O)cc(Cl)c(C)c1C. The summed E-state index contributed by atoms with van der Waals surface area (Å²) < 4.78 is 4.84. The fourth-order valence-electron chi connectivity index (χ4n) is 1.32. The highest BCUT2D eigenvalue weighted by Crippen LogP contribution is 2.30. The van der Waals surface area contributed by atoms with Crippen LogP contribution >= 0.6 is 11.6 Å². The fourth-order valence-corrected chi connectivity index (χ4v) is 1.57. The normalized spacial score (nSPS) is 10.1. The molecule has 0 aromatic heterocycles. The first-order valence-corrected chi connectivity index (χ1v) is 5.02. The van der Waals surface area contributed by atoms with Crippen molar-refractivity contribution in [2.24, 2.45) is 0 Å². The van der Waals surface area contributed by atoms with Crippen LogP contribution in [-0.4, -0.2) is 17.7 Å². The van der Waals surface area contributed by atoms with Crippen LogP contribution < -0.4 is 0 Å². The average Bonchev–Trinajstić information content (AvgIpc) is 2.15. The number of carbonyl (C=O) groups is 1. The molecular formula is C11H13ClO3. The lowest BCUT2D eigenvalue weighted by atomic mass is 10.0. The molecule has 0 spiro atoms. The van der Waals surface area contributed by atoms with Crippen LogP contribution in [0.3, 0.4) is 0 Å². The van der Waals surface area contributed by atoms with Crippen molar-refractivity contribution >= 4 is 17.6 Å². The first-order chi connectivity index (χ1) is 6.99. The molecule has 0 amide bonds. The molecule has 4 heteroatoms. The van der Waals surface area contributed by atoms with Crippen LogP contribution in [0.15, 0.2) is 6.07 Å². The fraction of sp³-hybridized carbons (Fsp3) is 0.364. The molecule has 82 valence electrons. The molecule has 1 aromatic rings. The van der Waals surface area contributed by atoms with E-state index in [1.54, 1.807) is 20.8 Å². The standard InChI is InChI=1S/C11H13ClO3/c1-4-15-11(14)10-7(3)6(2)8(12)5-9(10)13/h5,13H,4H2,1-3H3. The summed E-state index contributed by atoms with van der Waals surface area (Å²) in [6.07, 6.45) is 0. The molecule has 0 saturated heterocycles. The third-order valence-corrected chi connectivity index (χ3v) is 2.69. The van der Waals surface area contributed by atoms with Gasteiger partial charge < -0.3 is 9.84 Å². The van der Waals surface area contributed by atoms with Gasteiger partial charge in [0.05, 0.1) is 6.61 Å². The van der Waals surface area contributed by atoms with Crippen LogP contribution in [0.2, 0.25) is 5.02 Å². The van der Waals surface area contributed by atoms with Crippen LogP contribution in [0.5, 0.6) is 5.75 Å². The summed E-state index contributed by atoms with van der Waals surface area (Å²) in [5, 5.41) is 10.1. The number of hydrogen-bond acceptors (Lipinski definition) is 3. The summed E-state index contributed by atoms with van der Waals surface area (Å²) in [5.74, 6) is -0.659. The van der Waals surface area contributed by atoms with Gasteiger partial charge in [-0.3, -0.25) is 0 Å². The van der Waals surface area contributed by atoms with Crippen molar-refractivity contribution < 1.29 is 14.6 Å². The topological polar surface area (TPSA) is 46.5 Å². The van der Waals surface area contributed by atoms with E-state index >= 15 is 0 Å². The molecule has 0 saturated carbocycles. The van der Waals surface area contributed by atoms with E-state index in [-0.39, 0.29) is 17.9 Å². The van der Waals surface area contributed by atoms with Crippen LogP contribution in [0.25, 0.3) is 0 Å². The second-order valence-electron chi connectivity index (χ2n) is 3.22. The summed E-state index contributed by atoms with van der Waals surface area (Å²) in [7, 11) is 0. The van der Waals surface area contributed by atoms with Crippen LogP contribution in [0.1, 0.15) is 28.4 Å². The van der Waals surface area contributed by atoms with Gasteiger partial charge in [-0.05, 0) is 38.0 Å². The van der Waals surface area contributed by atoms with Gasteiger partial charge in [-0.25, -0.2) is 4.79 Å². The molecule has 0 unspecified atom stereocenters. The Morgan fingerprint density at radius 1 is 1.47 bits per heavy atom. The summed E-state index contributed by atoms with van der Waals surface area (Å²) >= 11 is 5.86. The monoisotopic (exact) mass is 228 g/mol. The second-order valence-corrected chi connectivity index (χ2v) is 3.63. The zero-order chi connectivity index (χ0) is 11.6. The van der Waals surface area contributed by atoms with Gasteiger partial charge in [0.15, 0.2) is 0 Å². The zero-order valence-corrected chi connectivity index (χ0v) is 9.68. The molecule has 0 aliphatic heterocycles. The average molecular weight is 229 g/mol. The van der Waals surface area contributed by atoms with E-state index in [0.717, 1.165) is 5.56 Å². The second kappa shape index (κ2) is 4.53. The lowest BCUT2D eigenvalue weighted by Crippen LogP contribution is -2.08. The quantitative estimate of drug-likeness (QED) is 0.792. The Labute approximate surface area is 93.6 Å². The van der Waals surface area contributed by atoms with Crippen molar-refractivity contribution in [2.75, 3.05) is 6.61 Å². The predicted molar refractivity (Wildman–Crippen MR) is 58.5 cm³/mol. The lowest BCUT2D eigenvalue weighted by molar-refractivity contribution is 0.0522. The third-order valence-electron chi connectivity index (χ3n) is 2.29. The Kier molecular flexibility index (Phi) is 3.58. The maximum Gasteiger partial charge on any atom is 0.342 e. The number of halogens is 1.